The van der Waals surface area contributed by atoms with Crippen molar-refractivity contribution in [1.82, 2.24) is 9.55 Å². The van der Waals surface area contributed by atoms with Crippen molar-refractivity contribution in [2.45, 2.75) is 39.7 Å². The lowest BCUT2D eigenvalue weighted by molar-refractivity contribution is 0.401. The number of hydrogen-bond acceptors (Lipinski definition) is 2. The van der Waals surface area contributed by atoms with Crippen LogP contribution in [-0.2, 0) is 0 Å². The molecule has 0 radical (unpaired) electrons. The van der Waals surface area contributed by atoms with Gasteiger partial charge in [0, 0.05) is 25.0 Å². The summed E-state index contributed by atoms with van der Waals surface area (Å²) in [6, 6.07) is 0.491. The van der Waals surface area contributed by atoms with Crippen LogP contribution in [0, 0.1) is 5.92 Å². The van der Waals surface area contributed by atoms with Gasteiger partial charge in [-0.2, -0.15) is 0 Å². The third-order valence-electron chi connectivity index (χ3n) is 2.99. The monoisotopic (exact) mass is 221 g/mol. The van der Waals surface area contributed by atoms with Gasteiger partial charge in [0.25, 0.3) is 0 Å². The molecule has 0 aliphatic rings. The van der Waals surface area contributed by atoms with E-state index in [0.29, 0.717) is 6.04 Å². The molecule has 16 heavy (non-hydrogen) atoms. The maximum atomic E-state index is 4.31. The van der Waals surface area contributed by atoms with Crippen LogP contribution < -0.4 is 5.32 Å². The Balaban J connectivity index is 2.63. The molecule has 0 amide bonds. The number of rotatable bonds is 7. The minimum atomic E-state index is 0.491. The molecule has 1 aromatic heterocycles. The minimum absolute atomic E-state index is 0.491. The van der Waals surface area contributed by atoms with Gasteiger partial charge in [0.15, 0.2) is 0 Å². The maximum absolute atomic E-state index is 4.31. The standard InChI is InChI=1S/C13H23N3/c1-5-7-14-13-15-8-9-16(13)12(4)10-11(3)6-2/h5,8-9,11-12H,1,6-7,10H2,2-4H3,(H,14,15). The average molecular weight is 221 g/mol. The van der Waals surface area contributed by atoms with E-state index < -0.39 is 0 Å². The van der Waals surface area contributed by atoms with Crippen LogP contribution in [0.15, 0.2) is 25.0 Å². The van der Waals surface area contributed by atoms with Crippen molar-refractivity contribution in [3.63, 3.8) is 0 Å². The molecule has 3 nitrogen and oxygen atoms in total. The molecule has 2 unspecified atom stereocenters. The van der Waals surface area contributed by atoms with Gasteiger partial charge in [-0.3, -0.25) is 0 Å². The zero-order valence-electron chi connectivity index (χ0n) is 10.6. The minimum Gasteiger partial charge on any atom is -0.352 e. The molecule has 0 aromatic carbocycles. The number of nitrogens with one attached hydrogen (secondary N) is 1. The quantitative estimate of drug-likeness (QED) is 0.714. The number of imidazole rings is 1. The zero-order valence-corrected chi connectivity index (χ0v) is 10.6. The van der Waals surface area contributed by atoms with E-state index in [1.807, 2.05) is 18.5 Å². The Morgan fingerprint density at radius 1 is 1.56 bits per heavy atom. The highest BCUT2D eigenvalue weighted by Crippen LogP contribution is 2.22. The molecule has 3 heteroatoms. The summed E-state index contributed by atoms with van der Waals surface area (Å²) >= 11 is 0. The lowest BCUT2D eigenvalue weighted by atomic mass is 10.0. The molecule has 0 saturated heterocycles. The van der Waals surface area contributed by atoms with E-state index in [1.54, 1.807) is 0 Å². The smallest absolute Gasteiger partial charge is 0.203 e. The van der Waals surface area contributed by atoms with E-state index in [0.717, 1.165) is 18.4 Å². The summed E-state index contributed by atoms with van der Waals surface area (Å²) in [5.74, 6) is 1.69. The van der Waals surface area contributed by atoms with Gasteiger partial charge in [0.1, 0.15) is 0 Å². The number of aromatic nitrogens is 2. The van der Waals surface area contributed by atoms with Gasteiger partial charge in [-0.15, -0.1) is 6.58 Å². The molecule has 0 bridgehead atoms. The van der Waals surface area contributed by atoms with Crippen molar-refractivity contribution in [2.24, 2.45) is 5.92 Å². The van der Waals surface area contributed by atoms with Gasteiger partial charge in [-0.05, 0) is 19.3 Å². The predicted octanol–water partition coefficient (Wildman–Crippen LogP) is 3.48. The molecule has 0 aliphatic carbocycles. The van der Waals surface area contributed by atoms with E-state index >= 15 is 0 Å². The number of hydrogen-bond donors (Lipinski definition) is 1. The Morgan fingerprint density at radius 3 is 2.94 bits per heavy atom. The Bertz CT molecular complexity index is 317. The summed E-state index contributed by atoms with van der Waals surface area (Å²) in [6.45, 7) is 11.2. The normalized spacial score (nSPS) is 14.4. The van der Waals surface area contributed by atoms with Crippen molar-refractivity contribution in [3.05, 3.63) is 25.0 Å². The molecule has 0 saturated carbocycles. The molecular weight excluding hydrogens is 198 g/mol. The van der Waals surface area contributed by atoms with Gasteiger partial charge < -0.3 is 9.88 Å². The van der Waals surface area contributed by atoms with Crippen molar-refractivity contribution in [1.29, 1.82) is 0 Å². The van der Waals surface area contributed by atoms with Crippen molar-refractivity contribution < 1.29 is 0 Å². The highest BCUT2D eigenvalue weighted by molar-refractivity contribution is 5.27. The fourth-order valence-corrected chi connectivity index (χ4v) is 1.83. The first-order chi connectivity index (χ1) is 7.69. The lowest BCUT2D eigenvalue weighted by Crippen LogP contribution is -2.13. The van der Waals surface area contributed by atoms with Crippen LogP contribution in [0.2, 0.25) is 0 Å². The van der Waals surface area contributed by atoms with Crippen molar-refractivity contribution >= 4 is 5.95 Å². The highest BCUT2D eigenvalue weighted by Gasteiger charge is 2.11. The molecule has 1 aromatic rings. The first kappa shape index (κ1) is 12.8. The summed E-state index contributed by atoms with van der Waals surface area (Å²) in [7, 11) is 0. The van der Waals surface area contributed by atoms with Crippen LogP contribution in [-0.4, -0.2) is 16.1 Å². The first-order valence-corrected chi connectivity index (χ1v) is 6.06. The fourth-order valence-electron chi connectivity index (χ4n) is 1.83. The average Bonchev–Trinajstić information content (AvgIpc) is 2.74. The predicted molar refractivity (Wildman–Crippen MR) is 69.7 cm³/mol. The van der Waals surface area contributed by atoms with Gasteiger partial charge in [-0.25, -0.2) is 4.98 Å². The summed E-state index contributed by atoms with van der Waals surface area (Å²) in [6.07, 6.45) is 8.15. The first-order valence-electron chi connectivity index (χ1n) is 6.06. The summed E-state index contributed by atoms with van der Waals surface area (Å²) < 4.78 is 2.20. The number of nitrogens with zero attached hydrogens (tertiary/aromatic N) is 2. The zero-order chi connectivity index (χ0) is 12.0. The molecular formula is C13H23N3. The third kappa shape index (κ3) is 3.40. The highest BCUT2D eigenvalue weighted by atomic mass is 15.2. The fraction of sp³-hybridized carbons (Fsp3) is 0.615. The Morgan fingerprint density at radius 2 is 2.31 bits per heavy atom. The SMILES string of the molecule is C=CCNc1nccn1C(C)CC(C)CC. The van der Waals surface area contributed by atoms with Crippen LogP contribution in [0.1, 0.15) is 39.7 Å². The van der Waals surface area contributed by atoms with Gasteiger partial charge in [0.05, 0.1) is 0 Å². The van der Waals surface area contributed by atoms with Crippen LogP contribution in [0.4, 0.5) is 5.95 Å². The van der Waals surface area contributed by atoms with Crippen molar-refractivity contribution in [2.75, 3.05) is 11.9 Å². The molecule has 1 rings (SSSR count). The van der Waals surface area contributed by atoms with Crippen LogP contribution in [0.5, 0.6) is 0 Å². The second-order valence-electron chi connectivity index (χ2n) is 4.43. The summed E-state index contributed by atoms with van der Waals surface area (Å²) in [5.41, 5.74) is 0. The molecule has 1 heterocycles. The molecule has 0 fully saturated rings. The molecule has 2 atom stereocenters. The second kappa shape index (κ2) is 6.36. The van der Waals surface area contributed by atoms with E-state index in [-0.39, 0.29) is 0 Å². The molecule has 90 valence electrons. The number of anilines is 1. The van der Waals surface area contributed by atoms with Crippen molar-refractivity contribution in [3.8, 4) is 0 Å². The Hall–Kier alpha value is -1.25. The van der Waals surface area contributed by atoms with Gasteiger partial charge >= 0.3 is 0 Å². The largest absolute Gasteiger partial charge is 0.352 e. The van der Waals surface area contributed by atoms with Crippen LogP contribution in [0.25, 0.3) is 0 Å². The van der Waals surface area contributed by atoms with Gasteiger partial charge in [0.2, 0.25) is 5.95 Å². The maximum Gasteiger partial charge on any atom is 0.203 e. The van der Waals surface area contributed by atoms with E-state index in [9.17, 15) is 0 Å². The molecule has 0 spiro atoms. The van der Waals surface area contributed by atoms with Crippen LogP contribution in [0.3, 0.4) is 0 Å². The van der Waals surface area contributed by atoms with E-state index in [2.05, 4.69) is 42.2 Å². The van der Waals surface area contributed by atoms with Crippen LogP contribution >= 0.6 is 0 Å². The molecule has 1 N–H and O–H groups in total. The summed E-state index contributed by atoms with van der Waals surface area (Å²) in [4.78, 5) is 4.31. The van der Waals surface area contributed by atoms with Gasteiger partial charge in [-0.1, -0.05) is 26.3 Å². The summed E-state index contributed by atoms with van der Waals surface area (Å²) in [5, 5.41) is 3.25. The topological polar surface area (TPSA) is 29.9 Å². The van der Waals surface area contributed by atoms with E-state index in [4.69, 9.17) is 0 Å². The molecule has 0 aliphatic heterocycles. The van der Waals surface area contributed by atoms with E-state index in [1.165, 1.54) is 12.8 Å². The Labute approximate surface area is 98.6 Å². The lowest BCUT2D eigenvalue weighted by Gasteiger charge is -2.19. The third-order valence-corrected chi connectivity index (χ3v) is 2.99. The Kier molecular flexibility index (Phi) is 5.09. The second-order valence-corrected chi connectivity index (χ2v) is 4.43.